The van der Waals surface area contributed by atoms with E-state index in [9.17, 15) is 4.79 Å². The number of pyridine rings is 1. The van der Waals surface area contributed by atoms with Crippen molar-refractivity contribution >= 4 is 23.1 Å². The van der Waals surface area contributed by atoms with Crippen molar-refractivity contribution in [1.29, 1.82) is 0 Å². The Balaban J connectivity index is 2.04. The van der Waals surface area contributed by atoms with Crippen LogP contribution in [-0.4, -0.2) is 11.8 Å². The molecule has 5 nitrogen and oxygen atoms in total. The van der Waals surface area contributed by atoms with E-state index in [0.717, 1.165) is 0 Å². The highest BCUT2D eigenvalue weighted by Gasteiger charge is 2.09. The minimum atomic E-state index is -0.511. The molecule has 17 heavy (non-hydrogen) atoms. The maximum atomic E-state index is 11.5. The molecule has 0 radical (unpaired) electrons. The molecule has 0 fully saturated rings. The number of hydrogen-bond acceptors (Lipinski definition) is 4. The molecule has 0 saturated heterocycles. The van der Waals surface area contributed by atoms with E-state index in [4.69, 9.17) is 10.6 Å². The maximum Gasteiger partial charge on any atom is 0.375 e. The number of nitrogens with two attached hydrogens (primary N) is 1. The number of H-pyrrole nitrogens is 1. The molecule has 2 heterocycles. The van der Waals surface area contributed by atoms with Crippen molar-refractivity contribution in [2.45, 2.75) is 0 Å². The number of thiophene rings is 1. The predicted molar refractivity (Wildman–Crippen MR) is 63.5 cm³/mol. The van der Waals surface area contributed by atoms with Crippen LogP contribution in [0.5, 0.6) is 0 Å². The fourth-order valence-electron chi connectivity index (χ4n) is 1.14. The van der Waals surface area contributed by atoms with E-state index in [-0.39, 0.29) is 5.84 Å². The molecule has 0 bridgehead atoms. The van der Waals surface area contributed by atoms with Crippen molar-refractivity contribution in [2.24, 2.45) is 10.9 Å². The zero-order chi connectivity index (χ0) is 12.1. The van der Waals surface area contributed by atoms with Crippen molar-refractivity contribution in [2.75, 3.05) is 0 Å². The molecule has 86 valence electrons. The lowest BCUT2D eigenvalue weighted by molar-refractivity contribution is -0.378. The second-order valence-corrected chi connectivity index (χ2v) is 4.07. The van der Waals surface area contributed by atoms with E-state index in [2.05, 4.69) is 10.1 Å². The van der Waals surface area contributed by atoms with Crippen LogP contribution < -0.4 is 10.7 Å². The summed E-state index contributed by atoms with van der Waals surface area (Å²) in [7, 11) is 0. The second-order valence-electron chi connectivity index (χ2n) is 3.12. The first-order valence-corrected chi connectivity index (χ1v) is 5.70. The Hall–Kier alpha value is -2.21. The summed E-state index contributed by atoms with van der Waals surface area (Å²) in [4.78, 5) is 19.5. The minimum absolute atomic E-state index is 0.145. The normalized spacial score (nSPS) is 11.2. The quantitative estimate of drug-likeness (QED) is 0.381. The van der Waals surface area contributed by atoms with Gasteiger partial charge in [-0.15, -0.1) is 11.3 Å². The largest absolute Gasteiger partial charge is 0.380 e. The first-order valence-electron chi connectivity index (χ1n) is 4.82. The number of carbonyl (C=O) groups excluding carboxylic acids is 1. The number of hydrogen-bond donors (Lipinski definition) is 1. The SMILES string of the molecule is NC(=NOC(=O)c1cccs1)c1ccc[nH+]c1. The molecule has 2 aromatic rings. The van der Waals surface area contributed by atoms with Crippen LogP contribution in [0.15, 0.2) is 47.2 Å². The summed E-state index contributed by atoms with van der Waals surface area (Å²) >= 11 is 1.29. The topological polar surface area (TPSA) is 78.8 Å². The average molecular weight is 248 g/mol. The van der Waals surface area contributed by atoms with Crippen LogP contribution in [-0.2, 0) is 4.84 Å². The van der Waals surface area contributed by atoms with Gasteiger partial charge in [-0.25, -0.2) is 9.78 Å². The van der Waals surface area contributed by atoms with Crippen molar-refractivity contribution in [3.05, 3.63) is 52.5 Å². The van der Waals surface area contributed by atoms with Crippen LogP contribution in [0.3, 0.4) is 0 Å². The molecule has 0 aliphatic carbocycles. The van der Waals surface area contributed by atoms with Crippen molar-refractivity contribution in [3.63, 3.8) is 0 Å². The van der Waals surface area contributed by atoms with Gasteiger partial charge in [0.05, 0.1) is 5.56 Å². The van der Waals surface area contributed by atoms with Gasteiger partial charge >= 0.3 is 5.97 Å². The maximum absolute atomic E-state index is 11.5. The Morgan fingerprint density at radius 1 is 1.41 bits per heavy atom. The number of aromatic amines is 1. The molecule has 0 atom stereocenters. The highest BCUT2D eigenvalue weighted by Crippen LogP contribution is 2.10. The fourth-order valence-corrected chi connectivity index (χ4v) is 1.73. The number of carbonyl (C=O) groups is 1. The van der Waals surface area contributed by atoms with Crippen LogP contribution in [0.4, 0.5) is 0 Å². The Labute approximate surface area is 102 Å². The van der Waals surface area contributed by atoms with Gasteiger partial charge in [0.15, 0.2) is 18.2 Å². The summed E-state index contributed by atoms with van der Waals surface area (Å²) in [6, 6.07) is 6.96. The van der Waals surface area contributed by atoms with Crippen molar-refractivity contribution < 1.29 is 14.6 Å². The molecule has 0 aliphatic heterocycles. The van der Waals surface area contributed by atoms with E-state index >= 15 is 0 Å². The number of aromatic nitrogens is 1. The zero-order valence-electron chi connectivity index (χ0n) is 8.79. The molecule has 2 aromatic heterocycles. The van der Waals surface area contributed by atoms with Gasteiger partial charge in [0, 0.05) is 6.07 Å². The van der Waals surface area contributed by atoms with E-state index in [1.54, 1.807) is 42.0 Å². The highest BCUT2D eigenvalue weighted by atomic mass is 32.1. The van der Waals surface area contributed by atoms with Gasteiger partial charge in [-0.05, 0) is 17.5 Å². The molecule has 0 saturated carbocycles. The molecular weight excluding hydrogens is 238 g/mol. The predicted octanol–water partition coefficient (Wildman–Crippen LogP) is 1.04. The summed E-state index contributed by atoms with van der Waals surface area (Å²) in [6.07, 6.45) is 3.41. The first-order chi connectivity index (χ1) is 8.27. The van der Waals surface area contributed by atoms with E-state index in [1.807, 2.05) is 0 Å². The van der Waals surface area contributed by atoms with Crippen molar-refractivity contribution in [1.82, 2.24) is 0 Å². The monoisotopic (exact) mass is 248 g/mol. The smallest absolute Gasteiger partial charge is 0.375 e. The standard InChI is InChI=1S/C11H9N3O2S/c12-10(8-3-1-5-13-7-8)14-16-11(15)9-4-2-6-17-9/h1-7H,(H2,12,14)/p+1. The third kappa shape index (κ3) is 2.88. The lowest BCUT2D eigenvalue weighted by atomic mass is 10.3. The van der Waals surface area contributed by atoms with Gasteiger partial charge < -0.3 is 10.6 Å². The second kappa shape index (κ2) is 5.22. The third-order valence-electron chi connectivity index (χ3n) is 1.95. The van der Waals surface area contributed by atoms with E-state index in [1.165, 1.54) is 11.3 Å². The summed E-state index contributed by atoms with van der Waals surface area (Å²) in [5, 5.41) is 5.37. The molecule has 2 rings (SSSR count). The van der Waals surface area contributed by atoms with E-state index in [0.29, 0.717) is 10.4 Å². The van der Waals surface area contributed by atoms with Gasteiger partial charge in [-0.1, -0.05) is 11.2 Å². The van der Waals surface area contributed by atoms with E-state index < -0.39 is 5.97 Å². The zero-order valence-corrected chi connectivity index (χ0v) is 9.61. The third-order valence-corrected chi connectivity index (χ3v) is 2.80. The van der Waals surface area contributed by atoms with Crippen molar-refractivity contribution in [3.8, 4) is 0 Å². The summed E-state index contributed by atoms with van der Waals surface area (Å²) < 4.78 is 0. The fraction of sp³-hybridized carbons (Fsp3) is 0. The molecule has 0 aliphatic rings. The van der Waals surface area contributed by atoms with Gasteiger partial charge in [-0.2, -0.15) is 0 Å². The highest BCUT2D eigenvalue weighted by molar-refractivity contribution is 7.11. The lowest BCUT2D eigenvalue weighted by Gasteiger charge is -1.97. The van der Waals surface area contributed by atoms with Crippen LogP contribution in [0.25, 0.3) is 0 Å². The molecule has 0 unspecified atom stereocenters. The molecule has 0 amide bonds. The molecule has 0 aromatic carbocycles. The minimum Gasteiger partial charge on any atom is -0.380 e. The molecule has 3 N–H and O–H groups in total. The summed E-state index contributed by atoms with van der Waals surface area (Å²) in [6.45, 7) is 0. The number of oxime groups is 1. The Bertz CT molecular complexity index is 523. The van der Waals surface area contributed by atoms with Gasteiger partial charge in [0.2, 0.25) is 0 Å². The number of rotatable bonds is 3. The van der Waals surface area contributed by atoms with Crippen LogP contribution >= 0.6 is 11.3 Å². The number of amidine groups is 1. The molecular formula is C11H10N3O2S+. The lowest BCUT2D eigenvalue weighted by Crippen LogP contribution is -2.17. The van der Waals surface area contributed by atoms with Crippen LogP contribution in [0.2, 0.25) is 0 Å². The van der Waals surface area contributed by atoms with Crippen LogP contribution in [0.1, 0.15) is 15.2 Å². The number of nitrogens with one attached hydrogen (secondary N) is 1. The van der Waals surface area contributed by atoms with Crippen LogP contribution in [0, 0.1) is 0 Å². The average Bonchev–Trinajstić information content (AvgIpc) is 2.90. The summed E-state index contributed by atoms with van der Waals surface area (Å²) in [5.41, 5.74) is 6.31. The Morgan fingerprint density at radius 2 is 2.29 bits per heavy atom. The first kappa shape index (κ1) is 11.3. The van der Waals surface area contributed by atoms with Gasteiger partial charge in [0.25, 0.3) is 0 Å². The summed E-state index contributed by atoms with van der Waals surface area (Å²) in [5.74, 6) is -0.366. The van der Waals surface area contributed by atoms with Gasteiger partial charge in [-0.3, -0.25) is 0 Å². The Kier molecular flexibility index (Phi) is 3.46. The number of nitrogens with zero attached hydrogens (tertiary/aromatic N) is 1. The Morgan fingerprint density at radius 3 is 2.94 bits per heavy atom. The molecule has 0 spiro atoms. The molecule has 6 heteroatoms. The van der Waals surface area contributed by atoms with Gasteiger partial charge in [0.1, 0.15) is 4.88 Å².